The van der Waals surface area contributed by atoms with Gasteiger partial charge in [0.25, 0.3) is 0 Å². The number of anilines is 1. The highest BCUT2D eigenvalue weighted by molar-refractivity contribution is 7.91. The predicted molar refractivity (Wildman–Crippen MR) is 88.3 cm³/mol. The fourth-order valence-corrected chi connectivity index (χ4v) is 2.48. The molecule has 0 unspecified atom stereocenters. The molecule has 0 aliphatic rings. The second kappa shape index (κ2) is 7.24. The lowest BCUT2D eigenvalue weighted by Crippen LogP contribution is -2.32. The lowest BCUT2D eigenvalue weighted by molar-refractivity contribution is -0.117. The lowest BCUT2D eigenvalue weighted by atomic mass is 10.2. The monoisotopic (exact) mass is 334 g/mol. The van der Waals surface area contributed by atoms with Gasteiger partial charge in [0.1, 0.15) is 0 Å². The Morgan fingerprint density at radius 3 is 2.38 bits per heavy atom. The Hall–Kier alpha value is -1.11. The number of amides is 1. The Kier molecular flexibility index (Phi) is 6.86. The summed E-state index contributed by atoms with van der Waals surface area (Å²) >= 11 is 0. The first-order chi connectivity index (χ1) is 9.03. The van der Waals surface area contributed by atoms with Crippen molar-refractivity contribution in [2.45, 2.75) is 44.2 Å². The van der Waals surface area contributed by atoms with E-state index in [4.69, 9.17) is 5.73 Å². The molecule has 1 atom stereocenters. The van der Waals surface area contributed by atoms with Crippen LogP contribution in [0.3, 0.4) is 0 Å². The molecule has 0 saturated carbocycles. The lowest BCUT2D eigenvalue weighted by Gasteiger charge is -2.19. The fraction of sp³-hybridized carbons (Fsp3) is 0.500. The SMILES string of the molecule is C[C@@H](N)C(=O)Nc1cccc(CS(=O)(=O)C(C)(C)C)c1.Cl. The molecule has 0 spiro atoms. The van der Waals surface area contributed by atoms with Gasteiger partial charge in [-0.3, -0.25) is 4.79 Å². The second-order valence-electron chi connectivity index (χ2n) is 5.85. The normalized spacial score (nSPS) is 13.2. The molecule has 0 radical (unpaired) electrons. The van der Waals surface area contributed by atoms with E-state index in [9.17, 15) is 13.2 Å². The molecule has 3 N–H and O–H groups in total. The van der Waals surface area contributed by atoms with Crippen LogP contribution in [0.15, 0.2) is 24.3 Å². The van der Waals surface area contributed by atoms with Crippen LogP contribution in [0.4, 0.5) is 5.69 Å². The van der Waals surface area contributed by atoms with E-state index in [1.165, 1.54) is 0 Å². The van der Waals surface area contributed by atoms with Gasteiger partial charge >= 0.3 is 0 Å². The predicted octanol–water partition coefficient (Wildman–Crippen LogP) is 2.11. The van der Waals surface area contributed by atoms with Gasteiger partial charge in [0.2, 0.25) is 5.91 Å². The zero-order chi connectivity index (χ0) is 15.6. The van der Waals surface area contributed by atoms with Crippen LogP contribution in [0.25, 0.3) is 0 Å². The van der Waals surface area contributed by atoms with Crippen LogP contribution in [-0.4, -0.2) is 25.1 Å². The number of rotatable bonds is 4. The number of carbonyl (C=O) groups is 1. The average molecular weight is 335 g/mol. The number of benzene rings is 1. The van der Waals surface area contributed by atoms with Crippen molar-refractivity contribution in [2.75, 3.05) is 5.32 Å². The molecule has 0 bridgehead atoms. The maximum atomic E-state index is 12.2. The first-order valence-electron chi connectivity index (χ1n) is 6.40. The van der Waals surface area contributed by atoms with E-state index in [1.807, 2.05) is 0 Å². The summed E-state index contributed by atoms with van der Waals surface area (Å²) in [4.78, 5) is 11.5. The van der Waals surface area contributed by atoms with Crippen LogP contribution in [-0.2, 0) is 20.4 Å². The minimum Gasteiger partial charge on any atom is -0.325 e. The summed E-state index contributed by atoms with van der Waals surface area (Å²) in [7, 11) is -3.25. The van der Waals surface area contributed by atoms with Crippen molar-refractivity contribution in [1.29, 1.82) is 0 Å². The van der Waals surface area contributed by atoms with Crippen molar-refractivity contribution in [3.8, 4) is 0 Å². The number of nitrogens with two attached hydrogens (primary N) is 1. The van der Waals surface area contributed by atoms with Gasteiger partial charge in [-0.15, -0.1) is 12.4 Å². The van der Waals surface area contributed by atoms with E-state index >= 15 is 0 Å². The molecule has 5 nitrogen and oxygen atoms in total. The van der Waals surface area contributed by atoms with Crippen LogP contribution in [0.5, 0.6) is 0 Å². The molecule has 0 aliphatic carbocycles. The first-order valence-corrected chi connectivity index (χ1v) is 8.06. The number of hydrogen-bond donors (Lipinski definition) is 2. The molecule has 1 aromatic rings. The highest BCUT2D eigenvalue weighted by atomic mass is 35.5. The third-order valence-electron chi connectivity index (χ3n) is 2.90. The van der Waals surface area contributed by atoms with Crippen LogP contribution < -0.4 is 11.1 Å². The smallest absolute Gasteiger partial charge is 0.240 e. The molecule has 0 aromatic heterocycles. The van der Waals surface area contributed by atoms with Gasteiger partial charge in [-0.05, 0) is 45.4 Å². The van der Waals surface area contributed by atoms with Crippen molar-refractivity contribution in [3.05, 3.63) is 29.8 Å². The van der Waals surface area contributed by atoms with Gasteiger partial charge in [0.05, 0.1) is 16.5 Å². The molecule has 0 fully saturated rings. The van der Waals surface area contributed by atoms with E-state index in [0.29, 0.717) is 11.3 Å². The zero-order valence-corrected chi connectivity index (χ0v) is 14.3. The Balaban J connectivity index is 0.00000400. The van der Waals surface area contributed by atoms with Crippen molar-refractivity contribution in [3.63, 3.8) is 0 Å². The Morgan fingerprint density at radius 1 is 1.33 bits per heavy atom. The van der Waals surface area contributed by atoms with E-state index in [1.54, 1.807) is 52.0 Å². The molecule has 0 heterocycles. The minimum absolute atomic E-state index is 0. The van der Waals surface area contributed by atoms with Crippen LogP contribution >= 0.6 is 12.4 Å². The summed E-state index contributed by atoms with van der Waals surface area (Å²) in [6.45, 7) is 6.60. The van der Waals surface area contributed by atoms with E-state index in [0.717, 1.165) is 0 Å². The van der Waals surface area contributed by atoms with Gasteiger partial charge < -0.3 is 11.1 Å². The standard InChI is InChI=1S/C14H22N2O3S.ClH/c1-10(15)13(17)16-12-7-5-6-11(8-12)9-20(18,19)14(2,3)4;/h5-8,10H,9,15H2,1-4H3,(H,16,17);1H/t10-;/m1./s1. The van der Waals surface area contributed by atoms with Crippen molar-refractivity contribution in [2.24, 2.45) is 5.73 Å². The maximum Gasteiger partial charge on any atom is 0.240 e. The van der Waals surface area contributed by atoms with Crippen molar-refractivity contribution >= 4 is 33.8 Å². The largest absolute Gasteiger partial charge is 0.325 e. The fourth-order valence-electron chi connectivity index (χ4n) is 1.43. The molecule has 0 aliphatic heterocycles. The molecule has 1 rings (SSSR count). The van der Waals surface area contributed by atoms with Gasteiger partial charge in [-0.2, -0.15) is 0 Å². The second-order valence-corrected chi connectivity index (χ2v) is 8.59. The van der Waals surface area contributed by atoms with Gasteiger partial charge in [-0.25, -0.2) is 8.42 Å². The number of hydrogen-bond acceptors (Lipinski definition) is 4. The maximum absolute atomic E-state index is 12.2. The Labute approximate surface area is 132 Å². The average Bonchev–Trinajstić information content (AvgIpc) is 2.26. The quantitative estimate of drug-likeness (QED) is 0.882. The summed E-state index contributed by atoms with van der Waals surface area (Å²) in [5.41, 5.74) is 6.66. The number of sulfone groups is 1. The van der Waals surface area contributed by atoms with Crippen LogP contribution in [0, 0.1) is 0 Å². The minimum atomic E-state index is -3.25. The molecule has 120 valence electrons. The summed E-state index contributed by atoms with van der Waals surface area (Å²) in [5, 5.41) is 2.65. The summed E-state index contributed by atoms with van der Waals surface area (Å²) < 4.78 is 23.5. The van der Waals surface area contributed by atoms with Crippen LogP contribution in [0.2, 0.25) is 0 Å². The number of halogens is 1. The molecular weight excluding hydrogens is 312 g/mol. The molecule has 21 heavy (non-hydrogen) atoms. The van der Waals surface area contributed by atoms with E-state index in [-0.39, 0.29) is 24.1 Å². The van der Waals surface area contributed by atoms with Gasteiger partial charge in [-0.1, -0.05) is 12.1 Å². The highest BCUT2D eigenvalue weighted by Crippen LogP contribution is 2.22. The van der Waals surface area contributed by atoms with Crippen molar-refractivity contribution < 1.29 is 13.2 Å². The number of nitrogens with one attached hydrogen (secondary N) is 1. The first kappa shape index (κ1) is 19.9. The van der Waals surface area contributed by atoms with Gasteiger partial charge in [0.15, 0.2) is 9.84 Å². The third kappa shape index (κ3) is 5.65. The summed E-state index contributed by atoms with van der Waals surface area (Å²) in [6, 6.07) is 6.18. The van der Waals surface area contributed by atoms with Crippen molar-refractivity contribution in [1.82, 2.24) is 0 Å². The van der Waals surface area contributed by atoms with E-state index < -0.39 is 20.6 Å². The molecule has 0 saturated heterocycles. The zero-order valence-electron chi connectivity index (χ0n) is 12.7. The van der Waals surface area contributed by atoms with E-state index in [2.05, 4.69) is 5.32 Å². The summed E-state index contributed by atoms with van der Waals surface area (Å²) in [6.07, 6.45) is 0. The highest BCUT2D eigenvalue weighted by Gasteiger charge is 2.28. The number of carbonyl (C=O) groups excluding carboxylic acids is 1. The third-order valence-corrected chi connectivity index (χ3v) is 5.48. The Bertz CT molecular complexity index is 592. The molecule has 7 heteroatoms. The molecule has 1 amide bonds. The molecule has 1 aromatic carbocycles. The molecular formula is C14H23ClN2O3S. The van der Waals surface area contributed by atoms with Gasteiger partial charge in [0, 0.05) is 5.69 Å². The van der Waals surface area contributed by atoms with Crippen LogP contribution in [0.1, 0.15) is 33.3 Å². The Morgan fingerprint density at radius 2 is 1.90 bits per heavy atom. The summed E-state index contributed by atoms with van der Waals surface area (Å²) in [5.74, 6) is -0.362. The topological polar surface area (TPSA) is 89.3 Å².